The Kier molecular flexibility index (Phi) is 6.75. The molecule has 1 amide bonds. The van der Waals surface area contributed by atoms with E-state index in [1.165, 1.54) is 0 Å². The van der Waals surface area contributed by atoms with Crippen molar-refractivity contribution in [3.63, 3.8) is 0 Å². The third kappa shape index (κ3) is 5.47. The summed E-state index contributed by atoms with van der Waals surface area (Å²) in [5.74, 6) is 0.714. The Bertz CT molecular complexity index is 284. The van der Waals surface area contributed by atoms with E-state index in [-0.39, 0.29) is 24.2 Å². The molecule has 0 aromatic carbocycles. The number of morpholine rings is 1. The molecule has 0 aromatic rings. The van der Waals surface area contributed by atoms with E-state index in [0.717, 1.165) is 26.1 Å². The molecule has 3 N–H and O–H groups in total. The van der Waals surface area contributed by atoms with Crippen molar-refractivity contribution >= 4 is 5.91 Å². The molecular formula is C14H29N3O2. The van der Waals surface area contributed by atoms with Crippen LogP contribution in [0.3, 0.4) is 0 Å². The summed E-state index contributed by atoms with van der Waals surface area (Å²) in [6.45, 7) is 11.1. The maximum atomic E-state index is 12.1. The third-order valence-electron chi connectivity index (χ3n) is 3.57. The molecule has 0 saturated carbocycles. The largest absolute Gasteiger partial charge is 0.371 e. The summed E-state index contributed by atoms with van der Waals surface area (Å²) in [6.07, 6.45) is 1.19. The zero-order valence-electron chi connectivity index (χ0n) is 12.7. The molecular weight excluding hydrogens is 242 g/mol. The Labute approximate surface area is 116 Å². The molecule has 1 aliphatic heterocycles. The molecule has 0 aromatic heterocycles. The Hall–Kier alpha value is -0.650. The minimum absolute atomic E-state index is 0.0367. The van der Waals surface area contributed by atoms with Gasteiger partial charge >= 0.3 is 0 Å². The Morgan fingerprint density at radius 3 is 2.68 bits per heavy atom. The normalized spacial score (nSPS) is 26.4. The standard InChI is InChI=1S/C14H29N3O2/c1-10(2)5-6-16-14(18)12(4)17-8-11(3)19-13(7-15)9-17/h10-13H,5-9,15H2,1-4H3,(H,16,18). The van der Waals surface area contributed by atoms with Crippen molar-refractivity contribution in [1.29, 1.82) is 0 Å². The van der Waals surface area contributed by atoms with E-state index < -0.39 is 0 Å². The first-order valence-corrected chi connectivity index (χ1v) is 7.31. The lowest BCUT2D eigenvalue weighted by atomic mass is 10.1. The fourth-order valence-corrected chi connectivity index (χ4v) is 2.32. The summed E-state index contributed by atoms with van der Waals surface area (Å²) in [4.78, 5) is 14.3. The molecule has 19 heavy (non-hydrogen) atoms. The average molecular weight is 271 g/mol. The highest BCUT2D eigenvalue weighted by Crippen LogP contribution is 2.13. The van der Waals surface area contributed by atoms with Crippen LogP contribution in [-0.4, -0.2) is 55.2 Å². The fourth-order valence-electron chi connectivity index (χ4n) is 2.32. The zero-order chi connectivity index (χ0) is 14.4. The van der Waals surface area contributed by atoms with Crippen LogP contribution in [0.15, 0.2) is 0 Å². The molecule has 5 heteroatoms. The molecule has 0 bridgehead atoms. The lowest BCUT2D eigenvalue weighted by molar-refractivity contribution is -0.132. The second kappa shape index (κ2) is 7.82. The van der Waals surface area contributed by atoms with Gasteiger partial charge in [-0.15, -0.1) is 0 Å². The second-order valence-corrected chi connectivity index (χ2v) is 5.91. The number of carbonyl (C=O) groups excluding carboxylic acids is 1. The van der Waals surface area contributed by atoms with Gasteiger partial charge in [0.2, 0.25) is 5.91 Å². The minimum atomic E-state index is -0.118. The van der Waals surface area contributed by atoms with Crippen LogP contribution in [-0.2, 0) is 9.53 Å². The van der Waals surface area contributed by atoms with Crippen LogP contribution in [0.2, 0.25) is 0 Å². The molecule has 0 spiro atoms. The molecule has 1 saturated heterocycles. The van der Waals surface area contributed by atoms with E-state index in [4.69, 9.17) is 10.5 Å². The van der Waals surface area contributed by atoms with Crippen molar-refractivity contribution in [1.82, 2.24) is 10.2 Å². The van der Waals surface area contributed by atoms with E-state index in [1.807, 2.05) is 13.8 Å². The van der Waals surface area contributed by atoms with Gasteiger partial charge in [-0.2, -0.15) is 0 Å². The number of nitrogens with zero attached hydrogens (tertiary/aromatic N) is 1. The lowest BCUT2D eigenvalue weighted by Crippen LogP contribution is -2.56. The van der Waals surface area contributed by atoms with Crippen LogP contribution < -0.4 is 11.1 Å². The summed E-state index contributed by atoms with van der Waals surface area (Å²) < 4.78 is 5.71. The van der Waals surface area contributed by atoms with Crippen LogP contribution in [0.4, 0.5) is 0 Å². The third-order valence-corrected chi connectivity index (χ3v) is 3.57. The highest BCUT2D eigenvalue weighted by atomic mass is 16.5. The number of hydrogen-bond acceptors (Lipinski definition) is 4. The van der Waals surface area contributed by atoms with Crippen molar-refractivity contribution in [2.45, 2.75) is 52.4 Å². The first kappa shape index (κ1) is 16.4. The Morgan fingerprint density at radius 2 is 2.11 bits per heavy atom. The molecule has 1 rings (SSSR count). The van der Waals surface area contributed by atoms with Gasteiger partial charge in [0.15, 0.2) is 0 Å². The van der Waals surface area contributed by atoms with E-state index in [0.29, 0.717) is 12.5 Å². The highest BCUT2D eigenvalue weighted by Gasteiger charge is 2.30. The zero-order valence-corrected chi connectivity index (χ0v) is 12.7. The van der Waals surface area contributed by atoms with E-state index >= 15 is 0 Å². The number of nitrogens with two attached hydrogens (primary N) is 1. The van der Waals surface area contributed by atoms with Gasteiger partial charge in [-0.1, -0.05) is 13.8 Å². The molecule has 3 unspecified atom stereocenters. The maximum absolute atomic E-state index is 12.1. The van der Waals surface area contributed by atoms with Gasteiger partial charge < -0.3 is 15.8 Å². The smallest absolute Gasteiger partial charge is 0.237 e. The number of hydrogen-bond donors (Lipinski definition) is 2. The SMILES string of the molecule is CC(C)CCNC(=O)C(C)N1CC(C)OC(CN)C1. The van der Waals surface area contributed by atoms with Crippen LogP contribution in [0.25, 0.3) is 0 Å². The van der Waals surface area contributed by atoms with Crippen molar-refractivity contribution in [2.75, 3.05) is 26.2 Å². The molecule has 1 heterocycles. The minimum Gasteiger partial charge on any atom is -0.371 e. The van der Waals surface area contributed by atoms with E-state index in [1.54, 1.807) is 0 Å². The molecule has 0 radical (unpaired) electrons. The van der Waals surface area contributed by atoms with E-state index in [9.17, 15) is 4.79 Å². The first-order valence-electron chi connectivity index (χ1n) is 7.31. The molecule has 5 nitrogen and oxygen atoms in total. The topological polar surface area (TPSA) is 67.6 Å². The predicted molar refractivity (Wildman–Crippen MR) is 76.9 cm³/mol. The van der Waals surface area contributed by atoms with Gasteiger partial charge in [0.05, 0.1) is 18.2 Å². The van der Waals surface area contributed by atoms with Crippen molar-refractivity contribution in [3.8, 4) is 0 Å². The van der Waals surface area contributed by atoms with Gasteiger partial charge in [0.1, 0.15) is 0 Å². The lowest BCUT2D eigenvalue weighted by Gasteiger charge is -2.39. The number of nitrogens with one attached hydrogen (secondary N) is 1. The summed E-state index contributed by atoms with van der Waals surface area (Å²) in [5.41, 5.74) is 5.67. The van der Waals surface area contributed by atoms with Crippen molar-refractivity contribution in [2.24, 2.45) is 11.7 Å². The Morgan fingerprint density at radius 1 is 1.42 bits per heavy atom. The summed E-state index contributed by atoms with van der Waals surface area (Å²) in [5, 5.41) is 3.01. The maximum Gasteiger partial charge on any atom is 0.237 e. The summed E-state index contributed by atoms with van der Waals surface area (Å²) >= 11 is 0. The van der Waals surface area contributed by atoms with E-state index in [2.05, 4.69) is 24.1 Å². The van der Waals surface area contributed by atoms with Gasteiger partial charge in [0, 0.05) is 26.2 Å². The molecule has 112 valence electrons. The van der Waals surface area contributed by atoms with Crippen LogP contribution in [0.5, 0.6) is 0 Å². The van der Waals surface area contributed by atoms with Crippen molar-refractivity contribution in [3.05, 3.63) is 0 Å². The summed E-state index contributed by atoms with van der Waals surface area (Å²) in [6, 6.07) is -0.118. The number of carbonyl (C=O) groups is 1. The van der Waals surface area contributed by atoms with Crippen LogP contribution in [0.1, 0.15) is 34.1 Å². The second-order valence-electron chi connectivity index (χ2n) is 5.91. The molecule has 0 aliphatic carbocycles. The summed E-state index contributed by atoms with van der Waals surface area (Å²) in [7, 11) is 0. The van der Waals surface area contributed by atoms with Crippen LogP contribution in [0, 0.1) is 5.92 Å². The fraction of sp³-hybridized carbons (Fsp3) is 0.929. The van der Waals surface area contributed by atoms with Gasteiger partial charge in [-0.25, -0.2) is 0 Å². The first-order chi connectivity index (χ1) is 8.93. The Balaban J connectivity index is 2.42. The van der Waals surface area contributed by atoms with Crippen LogP contribution >= 0.6 is 0 Å². The quantitative estimate of drug-likeness (QED) is 0.742. The van der Waals surface area contributed by atoms with Gasteiger partial charge in [-0.05, 0) is 26.2 Å². The highest BCUT2D eigenvalue weighted by molar-refractivity contribution is 5.81. The van der Waals surface area contributed by atoms with Gasteiger partial charge in [0.25, 0.3) is 0 Å². The van der Waals surface area contributed by atoms with Gasteiger partial charge in [-0.3, -0.25) is 9.69 Å². The number of rotatable bonds is 6. The number of amides is 1. The molecule has 1 aliphatic rings. The molecule has 1 fully saturated rings. The van der Waals surface area contributed by atoms with Crippen molar-refractivity contribution < 1.29 is 9.53 Å². The monoisotopic (exact) mass is 271 g/mol. The molecule has 3 atom stereocenters. The number of ether oxygens (including phenoxy) is 1. The average Bonchev–Trinajstić information content (AvgIpc) is 2.36. The predicted octanol–water partition coefficient (Wildman–Crippen LogP) is 0.585.